The lowest BCUT2D eigenvalue weighted by Crippen LogP contribution is -2.08. The predicted octanol–water partition coefficient (Wildman–Crippen LogP) is 3.86. The lowest BCUT2D eigenvalue weighted by atomic mass is 9.93. The third-order valence-corrected chi connectivity index (χ3v) is 3.73. The van der Waals surface area contributed by atoms with Crippen LogP contribution in [0.4, 0.5) is 0 Å². The topological polar surface area (TPSA) is 38.9 Å². The molecule has 0 aliphatic heterocycles. The van der Waals surface area contributed by atoms with Crippen LogP contribution in [0.1, 0.15) is 30.7 Å². The van der Waals surface area contributed by atoms with Crippen LogP contribution in [0.25, 0.3) is 11.3 Å². The molecule has 0 aliphatic rings. The quantitative estimate of drug-likeness (QED) is 0.910. The Morgan fingerprint density at radius 1 is 1.17 bits per heavy atom. The molecule has 0 saturated heterocycles. The molecule has 0 radical (unpaired) electrons. The van der Waals surface area contributed by atoms with Gasteiger partial charge in [0.15, 0.2) is 0 Å². The molecule has 1 heterocycles. The number of rotatable bonds is 3. The molecule has 2 nitrogen and oxygen atoms in total. The highest BCUT2D eigenvalue weighted by Gasteiger charge is 2.17. The summed E-state index contributed by atoms with van der Waals surface area (Å²) < 4.78 is 0. The first-order valence-electron chi connectivity index (χ1n) is 6.24. The van der Waals surface area contributed by atoms with Crippen LogP contribution in [0.15, 0.2) is 30.3 Å². The molecule has 0 unspecified atom stereocenters. The Kier molecular flexibility index (Phi) is 3.83. The fraction of sp³-hybridized carbons (Fsp3) is 0.400. The van der Waals surface area contributed by atoms with Crippen LogP contribution in [0.2, 0.25) is 0 Å². The van der Waals surface area contributed by atoms with Gasteiger partial charge in [0.05, 0.1) is 10.7 Å². The van der Waals surface area contributed by atoms with Gasteiger partial charge in [-0.2, -0.15) is 0 Å². The minimum Gasteiger partial charge on any atom is -0.326 e. The zero-order valence-electron chi connectivity index (χ0n) is 11.2. The monoisotopic (exact) mass is 260 g/mol. The van der Waals surface area contributed by atoms with Gasteiger partial charge in [-0.1, -0.05) is 51.1 Å². The van der Waals surface area contributed by atoms with Crippen molar-refractivity contribution in [3.05, 3.63) is 40.2 Å². The number of benzene rings is 1. The van der Waals surface area contributed by atoms with E-state index in [4.69, 9.17) is 10.7 Å². The van der Waals surface area contributed by atoms with Gasteiger partial charge in [-0.15, -0.1) is 11.3 Å². The SMILES string of the molecule is CC(C)(C)Cc1nc(-c2ccccc2)c(CN)s1. The standard InChI is InChI=1S/C15H20N2S/c1-15(2,3)9-13-17-14(12(10-16)18-13)11-7-5-4-6-8-11/h4-8H,9-10,16H2,1-3H3. The smallest absolute Gasteiger partial charge is 0.0941 e. The van der Waals surface area contributed by atoms with Crippen molar-refractivity contribution in [2.75, 3.05) is 0 Å². The van der Waals surface area contributed by atoms with Gasteiger partial charge in [0.1, 0.15) is 0 Å². The van der Waals surface area contributed by atoms with Crippen LogP contribution >= 0.6 is 11.3 Å². The molecule has 0 atom stereocenters. The first-order chi connectivity index (χ1) is 8.49. The van der Waals surface area contributed by atoms with Crippen molar-refractivity contribution in [1.29, 1.82) is 0 Å². The molecule has 18 heavy (non-hydrogen) atoms. The number of thiazole rings is 1. The first-order valence-corrected chi connectivity index (χ1v) is 7.05. The van der Waals surface area contributed by atoms with E-state index in [2.05, 4.69) is 32.9 Å². The summed E-state index contributed by atoms with van der Waals surface area (Å²) in [5.41, 5.74) is 8.32. The fourth-order valence-corrected chi connectivity index (χ4v) is 3.16. The number of nitrogens with zero attached hydrogens (tertiary/aromatic N) is 1. The van der Waals surface area contributed by atoms with Crippen molar-refractivity contribution < 1.29 is 0 Å². The highest BCUT2D eigenvalue weighted by Crippen LogP contribution is 2.31. The van der Waals surface area contributed by atoms with E-state index in [9.17, 15) is 0 Å². The van der Waals surface area contributed by atoms with Crippen LogP contribution in [0.5, 0.6) is 0 Å². The summed E-state index contributed by atoms with van der Waals surface area (Å²) >= 11 is 1.75. The molecule has 2 aromatic rings. The van der Waals surface area contributed by atoms with Crippen molar-refractivity contribution >= 4 is 11.3 Å². The molecule has 1 aromatic heterocycles. The zero-order valence-corrected chi connectivity index (χ0v) is 12.1. The molecule has 3 heteroatoms. The average molecular weight is 260 g/mol. The third kappa shape index (κ3) is 3.18. The van der Waals surface area contributed by atoms with E-state index in [0.717, 1.165) is 17.7 Å². The van der Waals surface area contributed by atoms with Crippen LogP contribution in [-0.2, 0) is 13.0 Å². The van der Waals surface area contributed by atoms with Crippen molar-refractivity contribution in [2.45, 2.75) is 33.7 Å². The van der Waals surface area contributed by atoms with E-state index in [0.29, 0.717) is 6.54 Å². The minimum atomic E-state index is 0.262. The number of hydrogen-bond acceptors (Lipinski definition) is 3. The molecular weight excluding hydrogens is 240 g/mol. The highest BCUT2D eigenvalue weighted by molar-refractivity contribution is 7.12. The van der Waals surface area contributed by atoms with E-state index in [1.54, 1.807) is 11.3 Å². The van der Waals surface area contributed by atoms with Crippen molar-refractivity contribution in [2.24, 2.45) is 11.1 Å². The number of aromatic nitrogens is 1. The van der Waals surface area contributed by atoms with Crippen molar-refractivity contribution in [1.82, 2.24) is 4.98 Å². The summed E-state index contributed by atoms with van der Waals surface area (Å²) in [7, 11) is 0. The molecule has 0 saturated carbocycles. The summed E-state index contributed by atoms with van der Waals surface area (Å²) in [6, 6.07) is 10.3. The Labute approximate surface area is 113 Å². The average Bonchev–Trinajstić information content (AvgIpc) is 2.71. The van der Waals surface area contributed by atoms with Gasteiger partial charge < -0.3 is 5.73 Å². The van der Waals surface area contributed by atoms with Gasteiger partial charge in [-0.05, 0) is 5.41 Å². The second kappa shape index (κ2) is 5.21. The summed E-state index contributed by atoms with van der Waals surface area (Å²) in [5.74, 6) is 0. The zero-order chi connectivity index (χ0) is 13.2. The normalized spacial score (nSPS) is 11.8. The summed E-state index contributed by atoms with van der Waals surface area (Å²) in [5, 5.41) is 1.18. The van der Waals surface area contributed by atoms with Crippen LogP contribution in [0.3, 0.4) is 0 Å². The maximum Gasteiger partial charge on any atom is 0.0941 e. The Morgan fingerprint density at radius 3 is 2.39 bits per heavy atom. The number of nitrogens with two attached hydrogens (primary N) is 1. The van der Waals surface area contributed by atoms with E-state index >= 15 is 0 Å². The van der Waals surface area contributed by atoms with Gasteiger partial charge in [0.25, 0.3) is 0 Å². The molecule has 0 amide bonds. The molecule has 0 spiro atoms. The van der Waals surface area contributed by atoms with Gasteiger partial charge in [-0.3, -0.25) is 0 Å². The molecule has 2 rings (SSSR count). The Hall–Kier alpha value is -1.19. The Morgan fingerprint density at radius 2 is 1.83 bits per heavy atom. The van der Waals surface area contributed by atoms with E-state index in [1.165, 1.54) is 9.88 Å². The second-order valence-corrected chi connectivity index (χ2v) is 6.86. The van der Waals surface area contributed by atoms with Gasteiger partial charge >= 0.3 is 0 Å². The van der Waals surface area contributed by atoms with Crippen LogP contribution < -0.4 is 5.73 Å². The molecule has 96 valence electrons. The fourth-order valence-electron chi connectivity index (χ4n) is 1.89. The van der Waals surface area contributed by atoms with E-state index in [1.807, 2.05) is 18.2 Å². The van der Waals surface area contributed by atoms with E-state index in [-0.39, 0.29) is 5.41 Å². The predicted molar refractivity (Wildman–Crippen MR) is 78.6 cm³/mol. The maximum absolute atomic E-state index is 5.84. The molecule has 2 N–H and O–H groups in total. The van der Waals surface area contributed by atoms with Crippen molar-refractivity contribution in [3.63, 3.8) is 0 Å². The Balaban J connectivity index is 2.36. The van der Waals surface area contributed by atoms with Crippen LogP contribution in [0, 0.1) is 5.41 Å². The maximum atomic E-state index is 5.84. The van der Waals surface area contributed by atoms with Crippen LogP contribution in [-0.4, -0.2) is 4.98 Å². The molecule has 0 bridgehead atoms. The molecule has 0 fully saturated rings. The van der Waals surface area contributed by atoms with Gasteiger partial charge in [0, 0.05) is 23.4 Å². The second-order valence-electron chi connectivity index (χ2n) is 5.69. The van der Waals surface area contributed by atoms with Gasteiger partial charge in [-0.25, -0.2) is 4.98 Å². The summed E-state index contributed by atoms with van der Waals surface area (Å²) in [6.45, 7) is 7.27. The lowest BCUT2D eigenvalue weighted by molar-refractivity contribution is 0.410. The molecule has 0 aliphatic carbocycles. The first kappa shape index (κ1) is 13.2. The minimum absolute atomic E-state index is 0.262. The van der Waals surface area contributed by atoms with Crippen molar-refractivity contribution in [3.8, 4) is 11.3 Å². The highest BCUT2D eigenvalue weighted by atomic mass is 32.1. The number of hydrogen-bond donors (Lipinski definition) is 1. The summed E-state index contributed by atoms with van der Waals surface area (Å²) in [6.07, 6.45) is 0.998. The molecular formula is C15H20N2S. The van der Waals surface area contributed by atoms with Gasteiger partial charge in [0.2, 0.25) is 0 Å². The lowest BCUT2D eigenvalue weighted by Gasteiger charge is -2.15. The largest absolute Gasteiger partial charge is 0.326 e. The molecule has 1 aromatic carbocycles. The van der Waals surface area contributed by atoms with E-state index < -0.39 is 0 Å². The third-order valence-electron chi connectivity index (χ3n) is 2.66. The summed E-state index contributed by atoms with van der Waals surface area (Å²) in [4.78, 5) is 5.96. The Bertz CT molecular complexity index is 509.